The van der Waals surface area contributed by atoms with Crippen molar-refractivity contribution in [1.29, 1.82) is 0 Å². The van der Waals surface area contributed by atoms with E-state index in [1.165, 1.54) is 64.7 Å². The quantitative estimate of drug-likeness (QED) is 0.201. The zero-order valence-electron chi connectivity index (χ0n) is 25.9. The fourth-order valence-electron chi connectivity index (χ4n) is 7.80. The lowest BCUT2D eigenvalue weighted by atomic mass is 9.67. The number of aromatic hydroxyl groups is 2. The predicted octanol–water partition coefficient (Wildman–Crippen LogP) is 11.8. The van der Waals surface area contributed by atoms with Gasteiger partial charge in [-0.1, -0.05) is 97.1 Å². The highest BCUT2D eigenvalue weighted by Crippen LogP contribution is 2.61. The molecular weight excluding hydrogens is 613 g/mol. The van der Waals surface area contributed by atoms with Crippen molar-refractivity contribution in [3.05, 3.63) is 165 Å². The second-order valence-corrected chi connectivity index (χ2v) is 14.3. The van der Waals surface area contributed by atoms with Gasteiger partial charge in [0.15, 0.2) is 0 Å². The van der Waals surface area contributed by atoms with E-state index in [0.717, 1.165) is 22.3 Å². The van der Waals surface area contributed by atoms with Crippen molar-refractivity contribution in [2.24, 2.45) is 0 Å². The minimum atomic E-state index is -0.703. The van der Waals surface area contributed by atoms with Crippen LogP contribution in [-0.2, 0) is 5.41 Å². The zero-order chi connectivity index (χ0) is 31.9. The van der Waals surface area contributed by atoms with Crippen LogP contribution >= 0.6 is 22.7 Å². The number of fused-ring (bicyclic) bond motifs is 5. The molecule has 0 atom stereocenters. The third-order valence-electron chi connectivity index (χ3n) is 9.99. The molecule has 0 radical (unpaired) electrons. The Morgan fingerprint density at radius 3 is 1.36 bits per heavy atom. The third kappa shape index (κ3) is 3.95. The monoisotopic (exact) mass is 642 g/mol. The molecule has 6 aromatic carbocycles. The number of hydrogen-bond donors (Lipinski definition) is 2. The van der Waals surface area contributed by atoms with Crippen molar-refractivity contribution < 1.29 is 10.2 Å². The minimum Gasteiger partial charge on any atom is -0.508 e. The second-order valence-electron chi connectivity index (χ2n) is 12.5. The molecule has 2 heterocycles. The highest BCUT2D eigenvalue weighted by Gasteiger charge is 2.48. The molecule has 0 fully saturated rings. The summed E-state index contributed by atoms with van der Waals surface area (Å²) in [6.45, 7) is 3.93. The molecule has 2 N–H and O–H groups in total. The zero-order valence-corrected chi connectivity index (χ0v) is 27.5. The first kappa shape index (κ1) is 28.1. The van der Waals surface area contributed by atoms with E-state index >= 15 is 0 Å². The van der Waals surface area contributed by atoms with Gasteiger partial charge in [0.05, 0.1) is 5.41 Å². The molecule has 0 amide bonds. The SMILES string of the molecule is Cc1cc(C2(c3ccc(O)c(C)c3)c3cccc(-c4csc5ccccc45)c3-c3c(-c4csc5ccccc45)cccc32)ccc1O. The topological polar surface area (TPSA) is 40.5 Å². The summed E-state index contributed by atoms with van der Waals surface area (Å²) >= 11 is 3.57. The molecule has 0 spiro atoms. The summed E-state index contributed by atoms with van der Waals surface area (Å²) < 4.78 is 2.54. The highest BCUT2D eigenvalue weighted by atomic mass is 32.1. The third-order valence-corrected chi connectivity index (χ3v) is 11.9. The summed E-state index contributed by atoms with van der Waals surface area (Å²) in [5.74, 6) is 0.558. The number of benzene rings is 6. The van der Waals surface area contributed by atoms with Gasteiger partial charge >= 0.3 is 0 Å². The summed E-state index contributed by atoms with van der Waals surface area (Å²) in [5.41, 5.74) is 12.9. The summed E-state index contributed by atoms with van der Waals surface area (Å²) in [4.78, 5) is 0. The lowest BCUT2D eigenvalue weighted by Crippen LogP contribution is -2.29. The number of phenolic OH excluding ortho intramolecular Hbond substituents is 2. The first-order valence-electron chi connectivity index (χ1n) is 15.8. The predicted molar refractivity (Wildman–Crippen MR) is 198 cm³/mol. The first-order valence-corrected chi connectivity index (χ1v) is 17.5. The molecular formula is C43H30O2S2. The molecule has 2 aromatic heterocycles. The van der Waals surface area contributed by atoms with Crippen molar-refractivity contribution in [3.8, 4) is 44.9 Å². The fourth-order valence-corrected chi connectivity index (χ4v) is 9.72. The summed E-state index contributed by atoms with van der Waals surface area (Å²) in [7, 11) is 0. The average Bonchev–Trinajstić information content (AvgIpc) is 3.80. The van der Waals surface area contributed by atoms with Gasteiger partial charge in [0.25, 0.3) is 0 Å². The van der Waals surface area contributed by atoms with Gasteiger partial charge in [0, 0.05) is 31.3 Å². The van der Waals surface area contributed by atoms with Gasteiger partial charge in [-0.25, -0.2) is 0 Å². The molecule has 2 nitrogen and oxygen atoms in total. The summed E-state index contributed by atoms with van der Waals surface area (Å²) in [6, 6.07) is 42.9. The minimum absolute atomic E-state index is 0.279. The fraction of sp³-hybridized carbons (Fsp3) is 0.0698. The number of hydrogen-bond acceptors (Lipinski definition) is 4. The van der Waals surface area contributed by atoms with Crippen LogP contribution in [0.5, 0.6) is 11.5 Å². The van der Waals surface area contributed by atoms with E-state index in [-0.39, 0.29) is 11.5 Å². The number of thiophene rings is 2. The van der Waals surface area contributed by atoms with Crippen LogP contribution in [0.2, 0.25) is 0 Å². The van der Waals surface area contributed by atoms with Crippen LogP contribution in [0.15, 0.2) is 132 Å². The van der Waals surface area contributed by atoms with Crippen LogP contribution in [0.25, 0.3) is 53.6 Å². The molecule has 0 saturated heterocycles. The molecule has 0 aliphatic heterocycles. The van der Waals surface area contributed by atoms with Crippen LogP contribution in [0, 0.1) is 13.8 Å². The number of phenols is 2. The Hall–Kier alpha value is -5.16. The van der Waals surface area contributed by atoms with Crippen molar-refractivity contribution in [1.82, 2.24) is 0 Å². The highest BCUT2D eigenvalue weighted by molar-refractivity contribution is 7.18. The Bertz CT molecular complexity index is 2360. The van der Waals surface area contributed by atoms with Crippen LogP contribution < -0.4 is 0 Å². The normalized spacial score (nSPS) is 13.2. The Morgan fingerprint density at radius 1 is 0.468 bits per heavy atom. The van der Waals surface area contributed by atoms with Crippen molar-refractivity contribution in [2.75, 3.05) is 0 Å². The van der Waals surface area contributed by atoms with Crippen LogP contribution in [0.3, 0.4) is 0 Å². The Labute approximate surface area is 281 Å². The van der Waals surface area contributed by atoms with Gasteiger partial charge in [0.1, 0.15) is 11.5 Å². The molecule has 0 unspecified atom stereocenters. The van der Waals surface area contributed by atoms with Crippen molar-refractivity contribution in [2.45, 2.75) is 19.3 Å². The molecule has 4 heteroatoms. The largest absolute Gasteiger partial charge is 0.508 e. The summed E-state index contributed by atoms with van der Waals surface area (Å²) in [6.07, 6.45) is 0. The molecule has 0 saturated carbocycles. The maximum Gasteiger partial charge on any atom is 0.118 e. The van der Waals surface area contributed by atoms with Crippen LogP contribution in [0.1, 0.15) is 33.4 Å². The molecule has 1 aliphatic rings. The molecule has 47 heavy (non-hydrogen) atoms. The maximum absolute atomic E-state index is 10.7. The van der Waals surface area contributed by atoms with E-state index in [9.17, 15) is 10.2 Å². The lowest BCUT2D eigenvalue weighted by molar-refractivity contribution is 0.470. The van der Waals surface area contributed by atoms with Gasteiger partial charge in [-0.3, -0.25) is 0 Å². The Balaban J connectivity index is 1.49. The van der Waals surface area contributed by atoms with E-state index in [1.807, 2.05) is 26.0 Å². The summed E-state index contributed by atoms with van der Waals surface area (Å²) in [5, 5.41) is 28.6. The molecule has 9 rings (SSSR count). The Morgan fingerprint density at radius 2 is 0.915 bits per heavy atom. The van der Waals surface area contributed by atoms with Gasteiger partial charge in [-0.05, 0) is 105 Å². The number of rotatable bonds is 4. The molecule has 1 aliphatic carbocycles. The average molecular weight is 643 g/mol. The van der Waals surface area contributed by atoms with Gasteiger partial charge in [-0.15, -0.1) is 22.7 Å². The maximum atomic E-state index is 10.7. The molecule has 0 bridgehead atoms. The van der Waals surface area contributed by atoms with Gasteiger partial charge in [-0.2, -0.15) is 0 Å². The van der Waals surface area contributed by atoms with Crippen molar-refractivity contribution >= 4 is 42.8 Å². The van der Waals surface area contributed by atoms with E-state index in [2.05, 4.69) is 120 Å². The van der Waals surface area contributed by atoms with E-state index < -0.39 is 5.41 Å². The molecule has 8 aromatic rings. The number of aryl methyl sites for hydroxylation is 2. The van der Waals surface area contributed by atoms with E-state index in [4.69, 9.17) is 0 Å². The van der Waals surface area contributed by atoms with Crippen LogP contribution in [-0.4, -0.2) is 10.2 Å². The smallest absolute Gasteiger partial charge is 0.118 e. The van der Waals surface area contributed by atoms with Gasteiger partial charge < -0.3 is 10.2 Å². The van der Waals surface area contributed by atoms with E-state index in [0.29, 0.717) is 0 Å². The first-order chi connectivity index (χ1) is 23.0. The second kappa shape index (κ2) is 10.4. The standard InChI is InChI=1S/C43H30O2S2/c1-25-21-27(17-19-37(25)44)43(28-18-20-38(45)26(2)22-28)35-13-7-11-31(33-23-46-39-15-5-3-9-29(33)39)41(35)42-32(12-8-14-36(42)43)34-24-47-40-16-6-4-10-30(34)40/h3-24,44-45H,1-2H3. The Kier molecular flexibility index (Phi) is 6.23. The van der Waals surface area contributed by atoms with Gasteiger partial charge in [0.2, 0.25) is 0 Å². The van der Waals surface area contributed by atoms with Crippen LogP contribution in [0.4, 0.5) is 0 Å². The molecule has 226 valence electrons. The van der Waals surface area contributed by atoms with Crippen molar-refractivity contribution in [3.63, 3.8) is 0 Å². The lowest BCUT2D eigenvalue weighted by Gasteiger charge is -2.34. The van der Waals surface area contributed by atoms with E-state index in [1.54, 1.807) is 22.7 Å².